The van der Waals surface area contributed by atoms with E-state index in [1.165, 1.54) is 12.5 Å². The lowest BCUT2D eigenvalue weighted by Crippen LogP contribution is -2.17. The van der Waals surface area contributed by atoms with E-state index in [-0.39, 0.29) is 5.91 Å². The van der Waals surface area contributed by atoms with Gasteiger partial charge in [0.1, 0.15) is 17.2 Å². The van der Waals surface area contributed by atoms with E-state index >= 15 is 0 Å². The van der Waals surface area contributed by atoms with Gasteiger partial charge >= 0.3 is 0 Å². The van der Waals surface area contributed by atoms with Crippen LogP contribution >= 0.6 is 0 Å². The Morgan fingerprint density at radius 1 is 1.35 bits per heavy atom. The maximum absolute atomic E-state index is 12.1. The molecule has 0 fully saturated rings. The fourth-order valence-corrected chi connectivity index (χ4v) is 2.22. The quantitative estimate of drug-likeness (QED) is 0.368. The Kier molecular flexibility index (Phi) is 5.82. The molecule has 26 heavy (non-hydrogen) atoms. The van der Waals surface area contributed by atoms with Gasteiger partial charge in [-0.25, -0.2) is 5.43 Å². The first-order chi connectivity index (χ1) is 12.8. The number of carbonyl (C=O) groups is 1. The summed E-state index contributed by atoms with van der Waals surface area (Å²) in [6.45, 7) is 2.83. The summed E-state index contributed by atoms with van der Waals surface area (Å²) in [6.07, 6.45) is 5.08. The second-order valence-corrected chi connectivity index (χ2v) is 5.61. The summed E-state index contributed by atoms with van der Waals surface area (Å²) in [5.41, 5.74) is 4.30. The van der Waals surface area contributed by atoms with Crippen molar-refractivity contribution in [1.82, 2.24) is 15.6 Å². The van der Waals surface area contributed by atoms with Crippen molar-refractivity contribution < 1.29 is 13.9 Å². The van der Waals surface area contributed by atoms with E-state index in [1.807, 2.05) is 24.3 Å². The van der Waals surface area contributed by atoms with Gasteiger partial charge in [0.15, 0.2) is 0 Å². The third kappa shape index (κ3) is 4.60. The number of nitrogens with one attached hydrogen (secondary N) is 2. The van der Waals surface area contributed by atoms with Gasteiger partial charge in [0.25, 0.3) is 5.91 Å². The number of furan rings is 1. The summed E-state index contributed by atoms with van der Waals surface area (Å²) < 4.78 is 10.7. The predicted octanol–water partition coefficient (Wildman–Crippen LogP) is 3.61. The van der Waals surface area contributed by atoms with Crippen LogP contribution in [0.1, 0.15) is 36.0 Å². The minimum atomic E-state index is -0.383. The zero-order valence-electron chi connectivity index (χ0n) is 14.4. The van der Waals surface area contributed by atoms with Gasteiger partial charge in [-0.3, -0.25) is 9.89 Å². The Morgan fingerprint density at radius 3 is 2.92 bits per heavy atom. The van der Waals surface area contributed by atoms with Gasteiger partial charge in [-0.15, -0.1) is 0 Å². The molecule has 0 saturated heterocycles. The summed E-state index contributed by atoms with van der Waals surface area (Å²) in [5, 5.41) is 10.7. The SMILES string of the molecule is CCCCOc1ccc(-c2cc(C(=O)N/N=C\c3ccco3)[nH]n2)cc1. The maximum atomic E-state index is 12.1. The molecule has 2 aromatic heterocycles. The molecular formula is C19H20N4O3. The minimum Gasteiger partial charge on any atom is -0.494 e. The predicted molar refractivity (Wildman–Crippen MR) is 98.2 cm³/mol. The van der Waals surface area contributed by atoms with Gasteiger partial charge < -0.3 is 9.15 Å². The lowest BCUT2D eigenvalue weighted by atomic mass is 10.1. The highest BCUT2D eigenvalue weighted by Gasteiger charge is 2.10. The van der Waals surface area contributed by atoms with Gasteiger partial charge in [0.2, 0.25) is 0 Å². The van der Waals surface area contributed by atoms with Crippen molar-refractivity contribution >= 4 is 12.1 Å². The normalized spacial score (nSPS) is 11.0. The zero-order chi connectivity index (χ0) is 18.2. The fourth-order valence-electron chi connectivity index (χ4n) is 2.22. The topological polar surface area (TPSA) is 92.5 Å². The molecule has 1 aromatic carbocycles. The van der Waals surface area contributed by atoms with E-state index in [0.29, 0.717) is 23.8 Å². The van der Waals surface area contributed by atoms with Crippen LogP contribution in [0, 0.1) is 0 Å². The molecule has 0 unspecified atom stereocenters. The highest BCUT2D eigenvalue weighted by Crippen LogP contribution is 2.21. The summed E-state index contributed by atoms with van der Waals surface area (Å²) in [6, 6.07) is 12.8. The monoisotopic (exact) mass is 352 g/mol. The number of rotatable bonds is 8. The lowest BCUT2D eigenvalue weighted by Gasteiger charge is -2.05. The Bertz CT molecular complexity index is 851. The molecule has 0 bridgehead atoms. The van der Waals surface area contributed by atoms with Crippen molar-refractivity contribution in [3.63, 3.8) is 0 Å². The van der Waals surface area contributed by atoms with Gasteiger partial charge in [0, 0.05) is 5.56 Å². The second kappa shape index (κ2) is 8.66. The zero-order valence-corrected chi connectivity index (χ0v) is 14.4. The number of nitrogens with zero attached hydrogens (tertiary/aromatic N) is 2. The van der Waals surface area contributed by atoms with E-state index < -0.39 is 0 Å². The van der Waals surface area contributed by atoms with E-state index in [0.717, 1.165) is 24.2 Å². The van der Waals surface area contributed by atoms with Crippen molar-refractivity contribution in [2.45, 2.75) is 19.8 Å². The molecule has 0 atom stereocenters. The van der Waals surface area contributed by atoms with Crippen LogP contribution in [0.3, 0.4) is 0 Å². The number of amides is 1. The standard InChI is InChI=1S/C19H20N4O3/c1-2-3-10-25-15-8-6-14(7-9-15)17-12-18(22-21-17)19(24)23-20-13-16-5-4-11-26-16/h4-9,11-13H,2-3,10H2,1H3,(H,21,22)(H,23,24)/b20-13-. The van der Waals surface area contributed by atoms with Crippen molar-refractivity contribution in [1.29, 1.82) is 0 Å². The molecule has 0 aliphatic rings. The van der Waals surface area contributed by atoms with E-state index in [2.05, 4.69) is 27.6 Å². The summed E-state index contributed by atoms with van der Waals surface area (Å²) in [4.78, 5) is 12.1. The van der Waals surface area contributed by atoms with Crippen LogP contribution in [0.25, 0.3) is 11.3 Å². The second-order valence-electron chi connectivity index (χ2n) is 5.61. The number of carbonyl (C=O) groups excluding carboxylic acids is 1. The minimum absolute atomic E-state index is 0.319. The molecule has 0 aliphatic heterocycles. The number of hydrogen-bond donors (Lipinski definition) is 2. The van der Waals surface area contributed by atoms with Gasteiger partial charge in [-0.05, 0) is 48.9 Å². The number of hydrogen-bond acceptors (Lipinski definition) is 5. The van der Waals surface area contributed by atoms with E-state index in [4.69, 9.17) is 9.15 Å². The van der Waals surface area contributed by atoms with E-state index in [9.17, 15) is 4.79 Å². The van der Waals surface area contributed by atoms with Crippen LogP contribution in [-0.4, -0.2) is 28.9 Å². The molecule has 7 heteroatoms. The molecule has 3 aromatic rings. The molecule has 0 spiro atoms. The average molecular weight is 352 g/mol. The third-order valence-electron chi connectivity index (χ3n) is 3.64. The molecule has 1 amide bonds. The Morgan fingerprint density at radius 2 is 2.19 bits per heavy atom. The number of benzene rings is 1. The molecule has 3 rings (SSSR count). The Hall–Kier alpha value is -3.35. The maximum Gasteiger partial charge on any atom is 0.289 e. The fraction of sp³-hybridized carbons (Fsp3) is 0.211. The Balaban J connectivity index is 1.59. The van der Waals surface area contributed by atoms with Gasteiger partial charge in [-0.1, -0.05) is 13.3 Å². The Labute approximate surface area is 151 Å². The molecular weight excluding hydrogens is 332 g/mol. The van der Waals surface area contributed by atoms with Gasteiger partial charge in [0.05, 0.1) is 24.8 Å². The van der Waals surface area contributed by atoms with Crippen molar-refractivity contribution in [2.24, 2.45) is 5.10 Å². The molecule has 0 aliphatic carbocycles. The van der Waals surface area contributed by atoms with Crippen LogP contribution in [0.15, 0.2) is 58.2 Å². The highest BCUT2D eigenvalue weighted by molar-refractivity contribution is 5.93. The smallest absolute Gasteiger partial charge is 0.289 e. The number of unbranched alkanes of at least 4 members (excludes halogenated alkanes) is 1. The summed E-state index contributed by atoms with van der Waals surface area (Å²) in [7, 11) is 0. The first kappa shape index (κ1) is 17.5. The molecule has 0 radical (unpaired) electrons. The lowest BCUT2D eigenvalue weighted by molar-refractivity contribution is 0.0950. The first-order valence-corrected chi connectivity index (χ1v) is 8.42. The van der Waals surface area contributed by atoms with Crippen LogP contribution < -0.4 is 10.2 Å². The molecule has 2 N–H and O–H groups in total. The first-order valence-electron chi connectivity index (χ1n) is 8.42. The number of hydrazone groups is 1. The molecule has 7 nitrogen and oxygen atoms in total. The summed E-state index contributed by atoms with van der Waals surface area (Å²) >= 11 is 0. The summed E-state index contributed by atoms with van der Waals surface area (Å²) in [5.74, 6) is 0.992. The molecule has 0 saturated carbocycles. The number of ether oxygens (including phenoxy) is 1. The van der Waals surface area contributed by atoms with Crippen LogP contribution in [0.4, 0.5) is 0 Å². The van der Waals surface area contributed by atoms with Crippen LogP contribution in [0.2, 0.25) is 0 Å². The van der Waals surface area contributed by atoms with E-state index in [1.54, 1.807) is 18.2 Å². The highest BCUT2D eigenvalue weighted by atomic mass is 16.5. The molecule has 134 valence electrons. The van der Waals surface area contributed by atoms with Crippen LogP contribution in [-0.2, 0) is 0 Å². The van der Waals surface area contributed by atoms with Crippen LogP contribution in [0.5, 0.6) is 5.75 Å². The van der Waals surface area contributed by atoms with Crippen molar-refractivity contribution in [2.75, 3.05) is 6.61 Å². The van der Waals surface area contributed by atoms with Crippen molar-refractivity contribution in [3.8, 4) is 17.0 Å². The number of aromatic amines is 1. The number of aromatic nitrogens is 2. The molecule has 2 heterocycles. The number of H-pyrrole nitrogens is 1. The third-order valence-corrected chi connectivity index (χ3v) is 3.64. The van der Waals surface area contributed by atoms with Gasteiger partial charge in [-0.2, -0.15) is 10.2 Å². The largest absolute Gasteiger partial charge is 0.494 e. The average Bonchev–Trinajstić information content (AvgIpc) is 3.34. The van der Waals surface area contributed by atoms with Crippen molar-refractivity contribution in [3.05, 3.63) is 60.2 Å².